The molecule has 0 aromatic rings. The van der Waals surface area contributed by atoms with E-state index in [0.717, 1.165) is 6.54 Å². The van der Waals surface area contributed by atoms with Crippen LogP contribution in [0.3, 0.4) is 0 Å². The Kier molecular flexibility index (Phi) is 5.22. The van der Waals surface area contributed by atoms with Gasteiger partial charge in [-0.15, -0.1) is 0 Å². The zero-order chi connectivity index (χ0) is 12.1. The van der Waals surface area contributed by atoms with Crippen LogP contribution in [0, 0.1) is 5.92 Å². The monoisotopic (exact) mass is 228 g/mol. The predicted molar refractivity (Wildman–Crippen MR) is 64.5 cm³/mol. The molecule has 1 fully saturated rings. The van der Waals surface area contributed by atoms with E-state index in [0.29, 0.717) is 25.0 Å². The van der Waals surface area contributed by atoms with Crippen molar-refractivity contribution < 1.29 is 9.90 Å². The molecule has 0 aliphatic heterocycles. The molecule has 1 atom stereocenters. The van der Waals surface area contributed by atoms with Crippen LogP contribution in [0.25, 0.3) is 0 Å². The van der Waals surface area contributed by atoms with Crippen LogP contribution in [0.15, 0.2) is 0 Å². The Morgan fingerprint density at radius 2 is 2.06 bits per heavy atom. The zero-order valence-corrected chi connectivity index (χ0v) is 10.6. The Morgan fingerprint density at radius 1 is 1.44 bits per heavy atom. The summed E-state index contributed by atoms with van der Waals surface area (Å²) < 4.78 is 0. The Balaban J connectivity index is 2.47. The number of rotatable bonds is 8. The maximum atomic E-state index is 11.1. The highest BCUT2D eigenvalue weighted by Crippen LogP contribution is 2.27. The largest absolute Gasteiger partial charge is 0.480 e. The lowest BCUT2D eigenvalue weighted by molar-refractivity contribution is -0.140. The standard InChI is InChI=1S/C12H24N2O2/c1-4-13-11(12(15)16)8-14(7-9(2)3)10-5-6-10/h9-11,13H,4-8H2,1-3H3,(H,15,16). The fourth-order valence-corrected chi connectivity index (χ4v) is 1.99. The number of nitrogens with one attached hydrogen (secondary N) is 1. The predicted octanol–water partition coefficient (Wildman–Crippen LogP) is 1.17. The molecular formula is C12H24N2O2. The van der Waals surface area contributed by atoms with Gasteiger partial charge in [0.2, 0.25) is 0 Å². The first-order chi connectivity index (χ1) is 7.54. The first-order valence-electron chi connectivity index (χ1n) is 6.24. The van der Waals surface area contributed by atoms with E-state index in [-0.39, 0.29) is 0 Å². The van der Waals surface area contributed by atoms with Gasteiger partial charge < -0.3 is 10.4 Å². The van der Waals surface area contributed by atoms with E-state index in [1.807, 2.05) is 6.92 Å². The second-order valence-electron chi connectivity index (χ2n) is 5.03. The highest BCUT2D eigenvalue weighted by atomic mass is 16.4. The summed E-state index contributed by atoms with van der Waals surface area (Å²) in [5.74, 6) is -0.145. The molecule has 16 heavy (non-hydrogen) atoms. The molecule has 1 unspecified atom stereocenters. The van der Waals surface area contributed by atoms with E-state index >= 15 is 0 Å². The van der Waals surface area contributed by atoms with Crippen LogP contribution < -0.4 is 5.32 Å². The van der Waals surface area contributed by atoms with Crippen LogP contribution in [-0.4, -0.2) is 47.7 Å². The molecule has 4 nitrogen and oxygen atoms in total. The molecule has 0 saturated heterocycles. The third kappa shape index (κ3) is 4.49. The Bertz CT molecular complexity index is 227. The molecule has 0 aromatic carbocycles. The normalized spacial score (nSPS) is 18.1. The fourth-order valence-electron chi connectivity index (χ4n) is 1.99. The van der Waals surface area contributed by atoms with Crippen molar-refractivity contribution in [3.8, 4) is 0 Å². The molecule has 0 bridgehead atoms. The second-order valence-corrected chi connectivity index (χ2v) is 5.03. The lowest BCUT2D eigenvalue weighted by Gasteiger charge is -2.27. The summed E-state index contributed by atoms with van der Waals surface area (Å²) in [7, 11) is 0. The quantitative estimate of drug-likeness (QED) is 0.655. The molecule has 0 spiro atoms. The molecule has 1 saturated carbocycles. The van der Waals surface area contributed by atoms with Gasteiger partial charge in [-0.05, 0) is 25.3 Å². The van der Waals surface area contributed by atoms with Crippen LogP contribution in [0.5, 0.6) is 0 Å². The van der Waals surface area contributed by atoms with E-state index in [4.69, 9.17) is 5.11 Å². The van der Waals surface area contributed by atoms with Crippen molar-refractivity contribution in [2.75, 3.05) is 19.6 Å². The van der Waals surface area contributed by atoms with Crippen LogP contribution in [0.1, 0.15) is 33.6 Å². The zero-order valence-electron chi connectivity index (χ0n) is 10.6. The number of carboxylic acids is 1. The van der Waals surface area contributed by atoms with E-state index in [1.165, 1.54) is 12.8 Å². The van der Waals surface area contributed by atoms with Crippen molar-refractivity contribution >= 4 is 5.97 Å². The summed E-state index contributed by atoms with van der Waals surface area (Å²) in [6.45, 7) is 8.64. The van der Waals surface area contributed by atoms with Crippen molar-refractivity contribution in [3.63, 3.8) is 0 Å². The Labute approximate surface area is 98.0 Å². The average Bonchev–Trinajstić information content (AvgIpc) is 2.97. The van der Waals surface area contributed by atoms with Gasteiger partial charge >= 0.3 is 5.97 Å². The van der Waals surface area contributed by atoms with E-state index in [9.17, 15) is 4.79 Å². The molecule has 0 amide bonds. The lowest BCUT2D eigenvalue weighted by atomic mass is 10.2. The summed E-state index contributed by atoms with van der Waals surface area (Å²) >= 11 is 0. The molecule has 0 aromatic heterocycles. The first kappa shape index (κ1) is 13.5. The molecular weight excluding hydrogens is 204 g/mol. The average molecular weight is 228 g/mol. The van der Waals surface area contributed by atoms with E-state index < -0.39 is 12.0 Å². The van der Waals surface area contributed by atoms with Gasteiger partial charge in [-0.1, -0.05) is 20.8 Å². The highest BCUT2D eigenvalue weighted by molar-refractivity contribution is 5.73. The molecule has 1 rings (SSSR count). The molecule has 2 N–H and O–H groups in total. The SMILES string of the molecule is CCNC(CN(CC(C)C)C1CC1)C(=O)O. The number of carboxylic acid groups (broad SMARTS) is 1. The van der Waals surface area contributed by atoms with Crippen molar-refractivity contribution in [1.29, 1.82) is 0 Å². The maximum Gasteiger partial charge on any atom is 0.322 e. The summed E-state index contributed by atoms with van der Waals surface area (Å²) in [6.07, 6.45) is 2.45. The molecule has 0 heterocycles. The molecule has 94 valence electrons. The summed E-state index contributed by atoms with van der Waals surface area (Å²) in [4.78, 5) is 13.4. The van der Waals surface area contributed by atoms with Gasteiger partial charge in [0.1, 0.15) is 6.04 Å². The van der Waals surface area contributed by atoms with Crippen molar-refractivity contribution in [2.45, 2.75) is 45.7 Å². The molecule has 0 radical (unpaired) electrons. The van der Waals surface area contributed by atoms with Crippen molar-refractivity contribution in [3.05, 3.63) is 0 Å². The summed E-state index contributed by atoms with van der Waals surface area (Å²) in [5, 5.41) is 12.1. The van der Waals surface area contributed by atoms with Gasteiger partial charge in [-0.25, -0.2) is 0 Å². The summed E-state index contributed by atoms with van der Waals surface area (Å²) in [5.41, 5.74) is 0. The van der Waals surface area contributed by atoms with Gasteiger partial charge in [-0.3, -0.25) is 9.69 Å². The van der Waals surface area contributed by atoms with Crippen LogP contribution in [-0.2, 0) is 4.79 Å². The van der Waals surface area contributed by atoms with Gasteiger partial charge in [0.15, 0.2) is 0 Å². The number of hydrogen-bond donors (Lipinski definition) is 2. The van der Waals surface area contributed by atoms with Crippen LogP contribution >= 0.6 is 0 Å². The van der Waals surface area contributed by atoms with Gasteiger partial charge in [0.05, 0.1) is 0 Å². The Morgan fingerprint density at radius 3 is 2.44 bits per heavy atom. The topological polar surface area (TPSA) is 52.6 Å². The lowest BCUT2D eigenvalue weighted by Crippen LogP contribution is -2.47. The first-order valence-corrected chi connectivity index (χ1v) is 6.24. The maximum absolute atomic E-state index is 11.1. The minimum absolute atomic E-state index is 0.427. The summed E-state index contributed by atoms with van der Waals surface area (Å²) in [6, 6.07) is 0.201. The number of hydrogen-bond acceptors (Lipinski definition) is 3. The third-order valence-electron chi connectivity index (χ3n) is 2.83. The van der Waals surface area contributed by atoms with E-state index in [1.54, 1.807) is 0 Å². The number of nitrogens with zero attached hydrogens (tertiary/aromatic N) is 1. The number of likely N-dealkylation sites (N-methyl/N-ethyl adjacent to an activating group) is 1. The molecule has 4 heteroatoms. The van der Waals surface area contributed by atoms with Crippen LogP contribution in [0.4, 0.5) is 0 Å². The minimum atomic E-state index is -0.740. The van der Waals surface area contributed by atoms with Crippen molar-refractivity contribution in [2.24, 2.45) is 5.92 Å². The third-order valence-corrected chi connectivity index (χ3v) is 2.83. The fraction of sp³-hybridized carbons (Fsp3) is 0.917. The molecule has 1 aliphatic carbocycles. The van der Waals surface area contributed by atoms with Crippen LogP contribution in [0.2, 0.25) is 0 Å². The minimum Gasteiger partial charge on any atom is -0.480 e. The smallest absolute Gasteiger partial charge is 0.322 e. The van der Waals surface area contributed by atoms with Gasteiger partial charge in [0, 0.05) is 19.1 Å². The second kappa shape index (κ2) is 6.21. The van der Waals surface area contributed by atoms with Crippen molar-refractivity contribution in [1.82, 2.24) is 10.2 Å². The number of carbonyl (C=O) groups is 1. The Hall–Kier alpha value is -0.610. The van der Waals surface area contributed by atoms with Gasteiger partial charge in [-0.2, -0.15) is 0 Å². The number of aliphatic carboxylic acids is 1. The highest BCUT2D eigenvalue weighted by Gasteiger charge is 2.32. The van der Waals surface area contributed by atoms with Gasteiger partial charge in [0.25, 0.3) is 0 Å². The van der Waals surface area contributed by atoms with E-state index in [2.05, 4.69) is 24.1 Å². The molecule has 1 aliphatic rings.